The van der Waals surface area contributed by atoms with Gasteiger partial charge in [-0.05, 0) is 97.0 Å². The van der Waals surface area contributed by atoms with Crippen LogP contribution in [0.25, 0.3) is 112 Å². The summed E-state index contributed by atoms with van der Waals surface area (Å²) in [4.78, 5) is 29.7. The zero-order valence-electron chi connectivity index (χ0n) is 32.3. The van der Waals surface area contributed by atoms with Gasteiger partial charge in [0.25, 0.3) is 0 Å². The zero-order valence-corrected chi connectivity index (χ0v) is 32.3. The van der Waals surface area contributed by atoms with Crippen molar-refractivity contribution in [2.45, 2.75) is 0 Å². The molecule has 0 aliphatic carbocycles. The van der Waals surface area contributed by atoms with Crippen LogP contribution >= 0.6 is 0 Å². The topological polar surface area (TPSA) is 77.3 Å². The Morgan fingerprint density at radius 3 is 1.13 bits per heavy atom. The summed E-state index contributed by atoms with van der Waals surface area (Å²) in [5.74, 6) is 1.89. The standard InChI is InChI=1S/C54H34N6/c1-3-17-35(18-4-1)52-58-53(36-19-5-2-6-20-36)60-54(59-52)45-30-29-44(38-21-7-8-22-39(38)45)51-42-25-11-9-23-40(42)50(41-24-10-12-26-43(41)51)37-33-48(46-27-13-15-31-55-46)57-49(34-37)47-28-14-16-32-56-47/h1-34H. The van der Waals surface area contributed by atoms with Crippen LogP contribution < -0.4 is 0 Å². The molecule has 0 unspecified atom stereocenters. The molecule has 0 amide bonds. The van der Waals surface area contributed by atoms with Gasteiger partial charge in [0.2, 0.25) is 0 Å². The molecule has 0 aliphatic rings. The van der Waals surface area contributed by atoms with Gasteiger partial charge >= 0.3 is 0 Å². The van der Waals surface area contributed by atoms with E-state index in [9.17, 15) is 0 Å². The summed E-state index contributed by atoms with van der Waals surface area (Å²) in [6.07, 6.45) is 3.62. The van der Waals surface area contributed by atoms with E-state index in [2.05, 4.69) is 97.1 Å². The largest absolute Gasteiger partial charge is 0.255 e. The van der Waals surface area contributed by atoms with E-state index >= 15 is 0 Å². The molecular formula is C54H34N6. The van der Waals surface area contributed by atoms with Gasteiger partial charge in [0.1, 0.15) is 0 Å². The van der Waals surface area contributed by atoms with Gasteiger partial charge in [-0.15, -0.1) is 0 Å². The molecule has 4 aromatic heterocycles. The van der Waals surface area contributed by atoms with E-state index in [1.165, 1.54) is 5.56 Å². The van der Waals surface area contributed by atoms with E-state index in [4.69, 9.17) is 29.9 Å². The summed E-state index contributed by atoms with van der Waals surface area (Å²) < 4.78 is 0. The third-order valence-electron chi connectivity index (χ3n) is 11.0. The zero-order chi connectivity index (χ0) is 39.8. The summed E-state index contributed by atoms with van der Waals surface area (Å²) in [5.41, 5.74) is 10.5. The molecule has 0 saturated carbocycles. The van der Waals surface area contributed by atoms with E-state index in [-0.39, 0.29) is 0 Å². The third kappa shape index (κ3) is 6.24. The molecule has 0 N–H and O–H groups in total. The van der Waals surface area contributed by atoms with E-state index in [0.717, 1.165) is 88.5 Å². The lowest BCUT2D eigenvalue weighted by molar-refractivity contribution is 1.08. The van der Waals surface area contributed by atoms with Crippen LogP contribution in [0.15, 0.2) is 207 Å². The minimum Gasteiger partial charge on any atom is -0.255 e. The molecule has 11 aromatic rings. The summed E-state index contributed by atoms with van der Waals surface area (Å²) in [7, 11) is 0. The molecule has 0 fully saturated rings. The number of nitrogens with zero attached hydrogens (tertiary/aromatic N) is 6. The molecular weight excluding hydrogens is 733 g/mol. The molecule has 0 saturated heterocycles. The van der Waals surface area contributed by atoms with Crippen molar-refractivity contribution < 1.29 is 0 Å². The molecule has 60 heavy (non-hydrogen) atoms. The Morgan fingerprint density at radius 2 is 0.650 bits per heavy atom. The molecule has 4 heterocycles. The number of hydrogen-bond acceptors (Lipinski definition) is 6. The van der Waals surface area contributed by atoms with Gasteiger partial charge < -0.3 is 0 Å². The number of benzene rings is 7. The molecule has 280 valence electrons. The number of fused-ring (bicyclic) bond motifs is 3. The molecule has 6 nitrogen and oxygen atoms in total. The highest BCUT2D eigenvalue weighted by atomic mass is 15.0. The third-order valence-corrected chi connectivity index (χ3v) is 11.0. The first-order valence-corrected chi connectivity index (χ1v) is 19.9. The van der Waals surface area contributed by atoms with Gasteiger partial charge in [0.15, 0.2) is 17.5 Å². The molecule has 6 heteroatoms. The molecule has 0 atom stereocenters. The van der Waals surface area contributed by atoms with Crippen LogP contribution in [0.1, 0.15) is 0 Å². The minimum atomic E-state index is 0.626. The van der Waals surface area contributed by atoms with Gasteiger partial charge in [-0.1, -0.05) is 152 Å². The molecule has 11 rings (SSSR count). The average Bonchev–Trinajstić information content (AvgIpc) is 3.34. The lowest BCUT2D eigenvalue weighted by atomic mass is 9.84. The van der Waals surface area contributed by atoms with E-state index in [1.807, 2.05) is 109 Å². The van der Waals surface area contributed by atoms with Crippen molar-refractivity contribution in [1.29, 1.82) is 0 Å². The van der Waals surface area contributed by atoms with Crippen molar-refractivity contribution in [3.8, 4) is 79.2 Å². The van der Waals surface area contributed by atoms with Crippen LogP contribution in [0.4, 0.5) is 0 Å². The summed E-state index contributed by atoms with van der Waals surface area (Å²) in [5, 5.41) is 6.75. The highest BCUT2D eigenvalue weighted by Crippen LogP contribution is 2.47. The molecule has 0 spiro atoms. The lowest BCUT2D eigenvalue weighted by Crippen LogP contribution is -2.01. The van der Waals surface area contributed by atoms with E-state index < -0.39 is 0 Å². The Bertz CT molecular complexity index is 3180. The smallest absolute Gasteiger partial charge is 0.164 e. The van der Waals surface area contributed by atoms with Gasteiger partial charge in [-0.2, -0.15) is 0 Å². The van der Waals surface area contributed by atoms with E-state index in [0.29, 0.717) is 17.5 Å². The summed E-state index contributed by atoms with van der Waals surface area (Å²) in [6, 6.07) is 66.9. The van der Waals surface area contributed by atoms with Gasteiger partial charge in [-0.3, -0.25) is 9.97 Å². The SMILES string of the molecule is c1ccc(-c2nc(-c3ccccc3)nc(-c3ccc(-c4c5ccccc5c(-c5cc(-c6ccccn6)nc(-c6ccccn6)c5)c5ccccc45)c4ccccc34)n2)cc1. The molecule has 0 aliphatic heterocycles. The Labute approximate surface area is 346 Å². The second-order valence-corrected chi connectivity index (χ2v) is 14.6. The number of rotatable bonds is 7. The van der Waals surface area contributed by atoms with Crippen molar-refractivity contribution in [3.63, 3.8) is 0 Å². The van der Waals surface area contributed by atoms with Crippen molar-refractivity contribution >= 4 is 32.3 Å². The Kier molecular flexibility index (Phi) is 8.71. The van der Waals surface area contributed by atoms with Gasteiger partial charge in [0.05, 0.1) is 22.8 Å². The fourth-order valence-electron chi connectivity index (χ4n) is 8.34. The first-order chi connectivity index (χ1) is 29.8. The lowest BCUT2D eigenvalue weighted by Gasteiger charge is -2.20. The maximum absolute atomic E-state index is 5.12. The van der Waals surface area contributed by atoms with Crippen LogP contribution in [0.2, 0.25) is 0 Å². The first kappa shape index (κ1) is 35.0. The first-order valence-electron chi connectivity index (χ1n) is 19.9. The second kappa shape index (κ2) is 14.9. The van der Waals surface area contributed by atoms with Crippen molar-refractivity contribution in [2.24, 2.45) is 0 Å². The Hall–Kier alpha value is -8.22. The highest BCUT2D eigenvalue weighted by Gasteiger charge is 2.22. The quantitative estimate of drug-likeness (QED) is 0.150. The minimum absolute atomic E-state index is 0.626. The Morgan fingerprint density at radius 1 is 0.250 bits per heavy atom. The molecule has 0 bridgehead atoms. The van der Waals surface area contributed by atoms with Gasteiger partial charge in [0, 0.05) is 29.1 Å². The van der Waals surface area contributed by atoms with Crippen LogP contribution in [0.3, 0.4) is 0 Å². The monoisotopic (exact) mass is 766 g/mol. The summed E-state index contributed by atoms with van der Waals surface area (Å²) >= 11 is 0. The number of pyridine rings is 3. The normalized spacial score (nSPS) is 11.3. The number of hydrogen-bond donors (Lipinski definition) is 0. The highest BCUT2D eigenvalue weighted by molar-refractivity contribution is 6.24. The van der Waals surface area contributed by atoms with Crippen LogP contribution in [0.5, 0.6) is 0 Å². The van der Waals surface area contributed by atoms with E-state index in [1.54, 1.807) is 0 Å². The van der Waals surface area contributed by atoms with Crippen molar-refractivity contribution in [3.05, 3.63) is 207 Å². The maximum Gasteiger partial charge on any atom is 0.164 e. The maximum atomic E-state index is 5.12. The molecule has 0 radical (unpaired) electrons. The predicted octanol–water partition coefficient (Wildman–Crippen LogP) is 13.2. The Balaban J connectivity index is 1.15. The predicted molar refractivity (Wildman–Crippen MR) is 244 cm³/mol. The fourth-order valence-corrected chi connectivity index (χ4v) is 8.34. The average molecular weight is 767 g/mol. The fraction of sp³-hybridized carbons (Fsp3) is 0. The van der Waals surface area contributed by atoms with Crippen molar-refractivity contribution in [1.82, 2.24) is 29.9 Å². The van der Waals surface area contributed by atoms with Crippen molar-refractivity contribution in [2.75, 3.05) is 0 Å². The van der Waals surface area contributed by atoms with Crippen LogP contribution in [0, 0.1) is 0 Å². The van der Waals surface area contributed by atoms with Crippen LogP contribution in [-0.2, 0) is 0 Å². The van der Waals surface area contributed by atoms with Gasteiger partial charge in [-0.25, -0.2) is 19.9 Å². The molecule has 7 aromatic carbocycles. The van der Waals surface area contributed by atoms with Crippen LogP contribution in [-0.4, -0.2) is 29.9 Å². The second-order valence-electron chi connectivity index (χ2n) is 14.6. The number of aromatic nitrogens is 6. The summed E-state index contributed by atoms with van der Waals surface area (Å²) in [6.45, 7) is 0.